The van der Waals surface area contributed by atoms with Crippen molar-refractivity contribution in [1.82, 2.24) is 9.78 Å². The minimum atomic E-state index is -0.204. The number of aromatic nitrogens is 2. The third kappa shape index (κ3) is 2.27. The van der Waals surface area contributed by atoms with Gasteiger partial charge in [0.15, 0.2) is 5.69 Å². The molecule has 1 aliphatic heterocycles. The molecule has 1 amide bonds. The number of nitrogens with zero attached hydrogens (tertiary/aromatic N) is 2. The van der Waals surface area contributed by atoms with Crippen LogP contribution in [0.2, 0.25) is 0 Å². The summed E-state index contributed by atoms with van der Waals surface area (Å²) in [6.07, 6.45) is 0.923. The van der Waals surface area contributed by atoms with Gasteiger partial charge in [-0.05, 0) is 31.0 Å². The molecule has 104 valence electrons. The number of rotatable bonds is 2. The Morgan fingerprint density at radius 1 is 1.40 bits per heavy atom. The lowest BCUT2D eigenvalue weighted by atomic mass is 10.1. The number of amides is 1. The molecule has 3 rings (SSSR count). The summed E-state index contributed by atoms with van der Waals surface area (Å²) in [7, 11) is 0. The van der Waals surface area contributed by atoms with Gasteiger partial charge < -0.3 is 10.1 Å². The molecule has 1 N–H and O–H groups in total. The van der Waals surface area contributed by atoms with Gasteiger partial charge in [-0.3, -0.25) is 4.79 Å². The molecule has 0 spiro atoms. The summed E-state index contributed by atoms with van der Waals surface area (Å²) in [6.45, 7) is 5.50. The highest BCUT2D eigenvalue weighted by Crippen LogP contribution is 2.21. The lowest BCUT2D eigenvalue weighted by molar-refractivity contribution is 0.102. The number of fused-ring (bicyclic) bond motifs is 1. The van der Waals surface area contributed by atoms with Crippen LogP contribution in [0.3, 0.4) is 0 Å². The number of hydrogen-bond donors (Lipinski definition) is 1. The number of ether oxygens (including phenoxy) is 1. The average molecular weight is 271 g/mol. The smallest absolute Gasteiger partial charge is 0.276 e. The second-order valence-electron chi connectivity index (χ2n) is 4.99. The van der Waals surface area contributed by atoms with E-state index in [1.807, 2.05) is 32.0 Å². The van der Waals surface area contributed by atoms with Gasteiger partial charge in [0.05, 0.1) is 6.61 Å². The first-order chi connectivity index (χ1) is 9.65. The molecule has 1 aromatic carbocycles. The van der Waals surface area contributed by atoms with Gasteiger partial charge >= 0.3 is 0 Å². The molecule has 0 saturated carbocycles. The fourth-order valence-electron chi connectivity index (χ4n) is 2.25. The topological polar surface area (TPSA) is 56.2 Å². The standard InChI is InChI=1S/C15H17N3O2/c1-10-5-3-6-12(11(10)2)16-15(19)13-9-14-18(17-13)7-4-8-20-14/h3,5-6,9H,4,7-8H2,1-2H3,(H,16,19). The second-order valence-corrected chi connectivity index (χ2v) is 4.99. The zero-order valence-electron chi connectivity index (χ0n) is 11.6. The predicted molar refractivity (Wildman–Crippen MR) is 76.2 cm³/mol. The lowest BCUT2D eigenvalue weighted by Crippen LogP contribution is -2.16. The molecule has 0 unspecified atom stereocenters. The predicted octanol–water partition coefficient (Wildman–Crippen LogP) is 2.53. The number of benzene rings is 1. The Hall–Kier alpha value is -2.30. The third-order valence-electron chi connectivity index (χ3n) is 3.59. The molecule has 1 aliphatic rings. The molecule has 2 aromatic rings. The number of carbonyl (C=O) groups is 1. The van der Waals surface area contributed by atoms with Crippen molar-refractivity contribution in [2.24, 2.45) is 0 Å². The number of aryl methyl sites for hydroxylation is 2. The van der Waals surface area contributed by atoms with Crippen molar-refractivity contribution in [3.05, 3.63) is 41.1 Å². The van der Waals surface area contributed by atoms with Crippen molar-refractivity contribution >= 4 is 11.6 Å². The van der Waals surface area contributed by atoms with Gasteiger partial charge in [0.1, 0.15) is 0 Å². The Balaban J connectivity index is 1.82. The molecule has 2 heterocycles. The zero-order valence-corrected chi connectivity index (χ0v) is 11.6. The van der Waals surface area contributed by atoms with Crippen molar-refractivity contribution in [2.45, 2.75) is 26.8 Å². The fraction of sp³-hybridized carbons (Fsp3) is 0.333. The monoisotopic (exact) mass is 271 g/mol. The zero-order chi connectivity index (χ0) is 14.1. The normalized spacial score (nSPS) is 13.5. The largest absolute Gasteiger partial charge is 0.478 e. The van der Waals surface area contributed by atoms with E-state index >= 15 is 0 Å². The molecule has 5 nitrogen and oxygen atoms in total. The van der Waals surface area contributed by atoms with E-state index in [4.69, 9.17) is 4.74 Å². The molecule has 5 heteroatoms. The van der Waals surface area contributed by atoms with E-state index in [1.165, 1.54) is 0 Å². The number of carbonyl (C=O) groups excluding carboxylic acids is 1. The average Bonchev–Trinajstić information content (AvgIpc) is 2.88. The van der Waals surface area contributed by atoms with E-state index in [9.17, 15) is 4.79 Å². The summed E-state index contributed by atoms with van der Waals surface area (Å²) in [5.74, 6) is 0.464. The van der Waals surface area contributed by atoms with Gasteiger partial charge in [0, 0.05) is 24.7 Å². The van der Waals surface area contributed by atoms with E-state index < -0.39 is 0 Å². The molecule has 0 atom stereocenters. The highest BCUT2D eigenvalue weighted by Gasteiger charge is 2.18. The van der Waals surface area contributed by atoms with Crippen LogP contribution >= 0.6 is 0 Å². The van der Waals surface area contributed by atoms with Gasteiger partial charge in [-0.25, -0.2) is 4.68 Å². The van der Waals surface area contributed by atoms with Crippen molar-refractivity contribution in [3.8, 4) is 5.88 Å². The summed E-state index contributed by atoms with van der Waals surface area (Å²) in [5.41, 5.74) is 3.43. The summed E-state index contributed by atoms with van der Waals surface area (Å²) in [6, 6.07) is 7.54. The van der Waals surface area contributed by atoms with Crippen LogP contribution in [0.1, 0.15) is 28.0 Å². The quantitative estimate of drug-likeness (QED) is 0.913. The van der Waals surface area contributed by atoms with Crippen LogP contribution in [0.15, 0.2) is 24.3 Å². The first-order valence-electron chi connectivity index (χ1n) is 6.73. The van der Waals surface area contributed by atoms with Crippen molar-refractivity contribution in [3.63, 3.8) is 0 Å². The molecule has 0 saturated heterocycles. The highest BCUT2D eigenvalue weighted by atomic mass is 16.5. The molecule has 0 bridgehead atoms. The molecular weight excluding hydrogens is 254 g/mol. The maximum atomic E-state index is 12.3. The van der Waals surface area contributed by atoms with Crippen molar-refractivity contribution < 1.29 is 9.53 Å². The Morgan fingerprint density at radius 2 is 2.25 bits per heavy atom. The van der Waals surface area contributed by atoms with Gasteiger partial charge in [0.25, 0.3) is 5.91 Å². The number of hydrogen-bond acceptors (Lipinski definition) is 3. The highest BCUT2D eigenvalue weighted by molar-refractivity contribution is 6.03. The van der Waals surface area contributed by atoms with E-state index in [1.54, 1.807) is 10.7 Å². The van der Waals surface area contributed by atoms with E-state index in [2.05, 4.69) is 10.4 Å². The van der Waals surface area contributed by atoms with Crippen LogP contribution in [-0.4, -0.2) is 22.3 Å². The maximum Gasteiger partial charge on any atom is 0.276 e. The first kappa shape index (κ1) is 12.7. The van der Waals surface area contributed by atoms with E-state index in [-0.39, 0.29) is 5.91 Å². The molecule has 1 aromatic heterocycles. The van der Waals surface area contributed by atoms with Gasteiger partial charge in [-0.15, -0.1) is 0 Å². The maximum absolute atomic E-state index is 12.3. The number of anilines is 1. The molecule has 0 fully saturated rings. The Bertz CT molecular complexity index is 638. The van der Waals surface area contributed by atoms with Crippen LogP contribution in [-0.2, 0) is 6.54 Å². The Kier molecular flexibility index (Phi) is 3.18. The van der Waals surface area contributed by atoms with Crippen molar-refractivity contribution in [1.29, 1.82) is 0 Å². The molecule has 0 radical (unpaired) electrons. The minimum Gasteiger partial charge on any atom is -0.478 e. The van der Waals surface area contributed by atoms with Gasteiger partial charge in [0.2, 0.25) is 5.88 Å². The van der Waals surface area contributed by atoms with Crippen LogP contribution in [0.4, 0.5) is 5.69 Å². The van der Waals surface area contributed by atoms with Gasteiger partial charge in [-0.2, -0.15) is 5.10 Å². The minimum absolute atomic E-state index is 0.204. The van der Waals surface area contributed by atoms with Crippen LogP contribution in [0.5, 0.6) is 5.88 Å². The molecule has 0 aliphatic carbocycles. The SMILES string of the molecule is Cc1cccc(NC(=O)c2cc3n(n2)CCCO3)c1C. The fourth-order valence-corrected chi connectivity index (χ4v) is 2.25. The number of nitrogens with one attached hydrogen (secondary N) is 1. The summed E-state index contributed by atoms with van der Waals surface area (Å²) in [5, 5.41) is 7.18. The van der Waals surface area contributed by atoms with E-state index in [0.717, 1.165) is 29.8 Å². The van der Waals surface area contributed by atoms with Crippen LogP contribution < -0.4 is 10.1 Å². The second kappa shape index (κ2) is 5.00. The third-order valence-corrected chi connectivity index (χ3v) is 3.59. The van der Waals surface area contributed by atoms with Crippen LogP contribution in [0.25, 0.3) is 0 Å². The van der Waals surface area contributed by atoms with Crippen LogP contribution in [0, 0.1) is 13.8 Å². The summed E-state index contributed by atoms with van der Waals surface area (Å²) < 4.78 is 7.21. The first-order valence-corrected chi connectivity index (χ1v) is 6.73. The van der Waals surface area contributed by atoms with Crippen molar-refractivity contribution in [2.75, 3.05) is 11.9 Å². The van der Waals surface area contributed by atoms with Gasteiger partial charge in [-0.1, -0.05) is 12.1 Å². The molecular formula is C15H17N3O2. The summed E-state index contributed by atoms with van der Waals surface area (Å²) >= 11 is 0. The molecule has 20 heavy (non-hydrogen) atoms. The Labute approximate surface area is 117 Å². The Morgan fingerprint density at radius 3 is 3.05 bits per heavy atom. The summed E-state index contributed by atoms with van der Waals surface area (Å²) in [4.78, 5) is 12.3. The lowest BCUT2D eigenvalue weighted by Gasteiger charge is -2.13. The van der Waals surface area contributed by atoms with E-state index in [0.29, 0.717) is 18.2 Å².